The molecule has 0 unspecified atom stereocenters. The van der Waals surface area contributed by atoms with Crippen LogP contribution in [-0.2, 0) is 4.52 Å². The summed E-state index contributed by atoms with van der Waals surface area (Å²) in [5.41, 5.74) is 0. The molecular weight excluding hydrogens is 381 g/mol. The maximum absolute atomic E-state index is 9.98. The number of unbranched alkanes of at least 4 members (excludes halogenated alkanes) is 16. The van der Waals surface area contributed by atoms with Crippen LogP contribution < -0.4 is 5.32 Å². The molecule has 4 nitrogen and oxygen atoms in total. The molecule has 0 heterocycles. The molecule has 0 radical (unpaired) electrons. The number of hydrogen-bond donors (Lipinski definition) is 3. The van der Waals surface area contributed by atoms with Gasteiger partial charge in [0.1, 0.15) is 0 Å². The summed E-state index contributed by atoms with van der Waals surface area (Å²) in [5, 5.41) is 3.26. The van der Waals surface area contributed by atoms with Crippen molar-refractivity contribution in [3.63, 3.8) is 0 Å². The van der Waals surface area contributed by atoms with E-state index in [1.54, 1.807) is 0 Å². The Hall–Kier alpha value is 0.270. The van der Waals surface area contributed by atoms with Gasteiger partial charge < -0.3 is 0 Å². The van der Waals surface area contributed by atoms with Gasteiger partial charge in [-0.2, -0.15) is 0 Å². The van der Waals surface area contributed by atoms with Crippen molar-refractivity contribution >= 4 is 7.94 Å². The first-order valence-electron chi connectivity index (χ1n) is 12.9. The number of rotatable bonds is 24. The minimum atomic E-state index is -3.42. The van der Waals surface area contributed by atoms with E-state index in [1.807, 2.05) is 0 Å². The maximum atomic E-state index is 9.98. The Bertz CT molecular complexity index is 317. The number of hydrogen-bond acceptors (Lipinski definition) is 4. The zero-order valence-electron chi connectivity index (χ0n) is 19.9. The first-order chi connectivity index (χ1) is 14.1. The summed E-state index contributed by atoms with van der Waals surface area (Å²) in [6.07, 6.45) is 24.1. The molecule has 0 fully saturated rings. The van der Waals surface area contributed by atoms with Crippen molar-refractivity contribution in [1.82, 2.24) is 5.32 Å². The third-order valence-corrected chi connectivity index (χ3v) is 7.35. The molecule has 3 N–H and O–H groups in total. The predicted molar refractivity (Wildman–Crippen MR) is 131 cm³/mol. The molecule has 0 aliphatic heterocycles. The van der Waals surface area contributed by atoms with Gasteiger partial charge in [-0.25, -0.2) is 0 Å². The van der Waals surface area contributed by atoms with Crippen LogP contribution >= 0.6 is 7.94 Å². The second kappa shape index (κ2) is 22.9. The first kappa shape index (κ1) is 29.3. The molecule has 0 rings (SSSR count). The van der Waals surface area contributed by atoms with Crippen molar-refractivity contribution in [1.29, 1.82) is 0 Å². The van der Waals surface area contributed by atoms with Gasteiger partial charge in [-0.1, -0.05) is 39.0 Å². The fourth-order valence-electron chi connectivity index (χ4n) is 3.69. The third kappa shape index (κ3) is 24.4. The van der Waals surface area contributed by atoms with Crippen LogP contribution in [0.5, 0.6) is 0 Å². The Morgan fingerprint density at radius 3 is 1.41 bits per heavy atom. The topological polar surface area (TPSA) is 61.7 Å². The fraction of sp³-hybridized carbons (Fsp3) is 1.00. The van der Waals surface area contributed by atoms with E-state index in [-0.39, 0.29) is 0 Å². The molecule has 0 saturated heterocycles. The molecule has 0 spiro atoms. The standard InChI is InChI=1S/C24H54NO3P/c1-3-5-7-8-9-10-11-12-13-14-15-16-17-18-19-20-24-29(26,27)28-23-22-25-21-6-4-2/h25-27,29H,3-24H2,1-2H3. The van der Waals surface area contributed by atoms with Gasteiger partial charge in [-0.3, -0.25) is 0 Å². The quantitative estimate of drug-likeness (QED) is 0.111. The molecule has 29 heavy (non-hydrogen) atoms. The molecule has 0 aromatic carbocycles. The van der Waals surface area contributed by atoms with E-state index < -0.39 is 7.94 Å². The zero-order chi connectivity index (χ0) is 21.5. The van der Waals surface area contributed by atoms with E-state index in [9.17, 15) is 9.79 Å². The minimum absolute atomic E-state index is 0.405. The number of nitrogens with one attached hydrogen (secondary N) is 1. The van der Waals surface area contributed by atoms with Crippen LogP contribution in [0.4, 0.5) is 0 Å². The molecule has 0 bridgehead atoms. The second-order valence-corrected chi connectivity index (χ2v) is 11.0. The van der Waals surface area contributed by atoms with Crippen LogP contribution in [0.3, 0.4) is 0 Å². The van der Waals surface area contributed by atoms with E-state index in [0.29, 0.717) is 19.3 Å². The molecule has 178 valence electrons. The Morgan fingerprint density at radius 1 is 0.552 bits per heavy atom. The average molecular weight is 436 g/mol. The van der Waals surface area contributed by atoms with Crippen molar-refractivity contribution < 1.29 is 14.3 Å². The van der Waals surface area contributed by atoms with Gasteiger partial charge in [0.25, 0.3) is 0 Å². The van der Waals surface area contributed by atoms with Crippen LogP contribution in [0.1, 0.15) is 129 Å². The zero-order valence-corrected chi connectivity index (χ0v) is 20.9. The Labute approximate surface area is 183 Å². The summed E-state index contributed by atoms with van der Waals surface area (Å²) >= 11 is 0. The van der Waals surface area contributed by atoms with Crippen molar-refractivity contribution in [3.05, 3.63) is 0 Å². The third-order valence-electron chi connectivity index (χ3n) is 5.68. The van der Waals surface area contributed by atoms with Gasteiger partial charge in [0, 0.05) is 0 Å². The van der Waals surface area contributed by atoms with E-state index >= 15 is 0 Å². The Morgan fingerprint density at radius 2 is 0.966 bits per heavy atom. The summed E-state index contributed by atoms with van der Waals surface area (Å²) in [6.45, 7) is 6.53. The van der Waals surface area contributed by atoms with Gasteiger partial charge in [-0.05, 0) is 0 Å². The van der Waals surface area contributed by atoms with Crippen LogP contribution in [0.25, 0.3) is 0 Å². The average Bonchev–Trinajstić information content (AvgIpc) is 2.70. The van der Waals surface area contributed by atoms with E-state index in [2.05, 4.69) is 19.2 Å². The van der Waals surface area contributed by atoms with E-state index in [1.165, 1.54) is 96.3 Å². The van der Waals surface area contributed by atoms with E-state index in [4.69, 9.17) is 4.52 Å². The van der Waals surface area contributed by atoms with Crippen molar-refractivity contribution in [3.8, 4) is 0 Å². The molecular formula is C24H54NO3P. The summed E-state index contributed by atoms with van der Waals surface area (Å²) in [7, 11) is -3.42. The summed E-state index contributed by atoms with van der Waals surface area (Å²) in [6, 6.07) is 0. The Kier molecular flexibility index (Phi) is 23.2. The van der Waals surface area contributed by atoms with Gasteiger partial charge in [0.15, 0.2) is 0 Å². The van der Waals surface area contributed by atoms with Crippen molar-refractivity contribution in [2.75, 3.05) is 25.9 Å². The summed E-state index contributed by atoms with van der Waals surface area (Å²) in [4.78, 5) is 20.0. The van der Waals surface area contributed by atoms with Crippen molar-refractivity contribution in [2.45, 2.75) is 129 Å². The Balaban J connectivity index is 3.23. The van der Waals surface area contributed by atoms with Gasteiger partial charge >= 0.3 is 144 Å². The molecule has 0 amide bonds. The van der Waals surface area contributed by atoms with Crippen LogP contribution in [0, 0.1) is 0 Å². The summed E-state index contributed by atoms with van der Waals surface area (Å²) in [5.74, 6) is 0. The fourth-order valence-corrected chi connectivity index (χ4v) is 4.97. The molecule has 5 heteroatoms. The molecule has 0 aromatic heterocycles. The van der Waals surface area contributed by atoms with Gasteiger partial charge in [0.2, 0.25) is 0 Å². The van der Waals surface area contributed by atoms with Gasteiger partial charge in [0.05, 0.1) is 0 Å². The summed E-state index contributed by atoms with van der Waals surface area (Å²) < 4.78 is 5.32. The van der Waals surface area contributed by atoms with Crippen molar-refractivity contribution in [2.24, 2.45) is 0 Å². The van der Waals surface area contributed by atoms with Crippen LogP contribution in [0.2, 0.25) is 0 Å². The van der Waals surface area contributed by atoms with E-state index in [0.717, 1.165) is 25.8 Å². The monoisotopic (exact) mass is 435 g/mol. The van der Waals surface area contributed by atoms with Gasteiger partial charge in [-0.15, -0.1) is 0 Å². The second-order valence-electron chi connectivity index (χ2n) is 8.75. The molecule has 0 aliphatic carbocycles. The first-order valence-corrected chi connectivity index (χ1v) is 14.9. The normalized spacial score (nSPS) is 12.6. The molecule has 0 aliphatic rings. The molecule has 0 atom stereocenters. The predicted octanol–water partition coefficient (Wildman–Crippen LogP) is 7.13. The van der Waals surface area contributed by atoms with Crippen LogP contribution in [-0.4, -0.2) is 35.6 Å². The SMILES string of the molecule is CCCCCCCCCCCCCCCCCC[PH](O)(O)OCCNCCCC. The molecule has 0 saturated carbocycles. The van der Waals surface area contributed by atoms with Crippen LogP contribution in [0.15, 0.2) is 0 Å². The molecule has 0 aromatic rings.